The molecule has 0 heterocycles. The van der Waals surface area contributed by atoms with Gasteiger partial charge < -0.3 is 10.5 Å². The molecule has 0 saturated heterocycles. The lowest BCUT2D eigenvalue weighted by molar-refractivity contribution is 0.105. The van der Waals surface area contributed by atoms with E-state index in [1.165, 1.54) is 36.4 Å². The van der Waals surface area contributed by atoms with Gasteiger partial charge in [-0.2, -0.15) is 8.78 Å². The second kappa shape index (κ2) is 8.56. The van der Waals surface area contributed by atoms with Crippen LogP contribution in [0, 0.1) is 0 Å². The van der Waals surface area contributed by atoms with Crippen molar-refractivity contribution >= 4 is 19.7 Å². The molecule has 0 radical (unpaired) electrons. The summed E-state index contributed by atoms with van der Waals surface area (Å²) in [4.78, 5) is -0.815. The molecular formula is C18H18F3NO5S2. The molecule has 0 atom stereocenters. The third-order valence-corrected chi connectivity index (χ3v) is 6.71. The Hall–Kier alpha value is -2.37. The van der Waals surface area contributed by atoms with Gasteiger partial charge in [0.05, 0.1) is 4.90 Å². The molecule has 2 rings (SSSR count). The van der Waals surface area contributed by atoms with Gasteiger partial charge in [-0.3, -0.25) is 0 Å². The summed E-state index contributed by atoms with van der Waals surface area (Å²) in [6, 6.07) is 10.1. The van der Waals surface area contributed by atoms with E-state index in [2.05, 4.69) is 0 Å². The molecule has 29 heavy (non-hydrogen) atoms. The molecule has 0 spiro atoms. The third-order valence-electron chi connectivity index (χ3n) is 3.80. The number of rotatable bonds is 8. The van der Waals surface area contributed by atoms with E-state index in [0.29, 0.717) is 5.56 Å². The molecule has 0 aromatic heterocycles. The third kappa shape index (κ3) is 4.98. The Morgan fingerprint density at radius 1 is 1.07 bits per heavy atom. The topological polar surface area (TPSA) is 104 Å². The number of benzene rings is 2. The van der Waals surface area contributed by atoms with E-state index in [4.69, 9.17) is 10.5 Å². The Bertz CT molecular complexity index is 1110. The monoisotopic (exact) mass is 449 g/mol. The largest absolute Gasteiger partial charge is 0.488 e. The first-order chi connectivity index (χ1) is 13.4. The lowest BCUT2D eigenvalue weighted by atomic mass is 10.2. The Morgan fingerprint density at radius 2 is 1.66 bits per heavy atom. The summed E-state index contributed by atoms with van der Waals surface area (Å²) in [6.07, 6.45) is 1.32. The van der Waals surface area contributed by atoms with Crippen LogP contribution in [-0.4, -0.2) is 34.9 Å². The van der Waals surface area contributed by atoms with Crippen molar-refractivity contribution in [1.29, 1.82) is 0 Å². The fraction of sp³-hybridized carbons (Fsp3) is 0.222. The van der Waals surface area contributed by atoms with E-state index in [0.717, 1.165) is 18.4 Å². The Balaban J connectivity index is 2.33. The summed E-state index contributed by atoms with van der Waals surface area (Å²) < 4.78 is 94.9. The highest BCUT2D eigenvalue weighted by molar-refractivity contribution is 7.92. The highest BCUT2D eigenvalue weighted by Gasteiger charge is 2.51. The molecule has 0 bridgehead atoms. The molecule has 0 fully saturated rings. The van der Waals surface area contributed by atoms with Crippen molar-refractivity contribution in [2.45, 2.75) is 21.7 Å². The molecular weight excluding hydrogens is 431 g/mol. The van der Waals surface area contributed by atoms with Gasteiger partial charge in [-0.25, -0.2) is 21.2 Å². The number of sulfone groups is 2. The number of halogens is 3. The first-order valence-corrected chi connectivity index (χ1v) is 11.5. The van der Waals surface area contributed by atoms with Gasteiger partial charge in [0.2, 0.25) is 0 Å². The van der Waals surface area contributed by atoms with Crippen LogP contribution in [0.2, 0.25) is 0 Å². The van der Waals surface area contributed by atoms with Crippen LogP contribution in [-0.2, 0) is 26.3 Å². The fourth-order valence-electron chi connectivity index (χ4n) is 2.27. The highest BCUT2D eigenvalue weighted by atomic mass is 32.2. The first-order valence-electron chi connectivity index (χ1n) is 8.10. The summed E-state index contributed by atoms with van der Waals surface area (Å²) in [5, 5.41) is -4.82. The van der Waals surface area contributed by atoms with Crippen molar-refractivity contribution in [2.75, 3.05) is 12.8 Å². The van der Waals surface area contributed by atoms with Crippen molar-refractivity contribution in [1.82, 2.24) is 0 Å². The number of ether oxygens (including phenoxy) is 1. The smallest absolute Gasteiger partial charge is 0.400 e. The van der Waals surface area contributed by atoms with E-state index in [1.807, 2.05) is 0 Å². The first kappa shape index (κ1) is 22.9. The summed E-state index contributed by atoms with van der Waals surface area (Å²) >= 11 is 0. The van der Waals surface area contributed by atoms with Gasteiger partial charge in [0.1, 0.15) is 17.3 Å². The second-order valence-corrected chi connectivity index (χ2v) is 9.93. The zero-order valence-corrected chi connectivity index (χ0v) is 16.8. The number of hydrogen-bond acceptors (Lipinski definition) is 6. The van der Waals surface area contributed by atoms with Crippen LogP contribution >= 0.6 is 0 Å². The number of alkyl halides is 2. The molecule has 6 nitrogen and oxygen atoms in total. The SMILES string of the molecule is CS(=O)(=O)c1ccc(COc2ccccc2S(=O)(=O)C(F)(F)/C(F)=C/CN)cc1. The fourth-order valence-corrected chi connectivity index (χ4v) is 4.17. The van der Waals surface area contributed by atoms with Crippen molar-refractivity contribution < 1.29 is 34.7 Å². The molecule has 0 saturated carbocycles. The predicted molar refractivity (Wildman–Crippen MR) is 101 cm³/mol. The van der Waals surface area contributed by atoms with E-state index < -0.39 is 47.9 Å². The lowest BCUT2D eigenvalue weighted by Crippen LogP contribution is -2.30. The molecule has 0 aliphatic heterocycles. The van der Waals surface area contributed by atoms with Gasteiger partial charge in [-0.15, -0.1) is 0 Å². The average Bonchev–Trinajstić information content (AvgIpc) is 2.66. The lowest BCUT2D eigenvalue weighted by Gasteiger charge is -2.18. The molecule has 0 unspecified atom stereocenters. The van der Waals surface area contributed by atoms with E-state index in [9.17, 15) is 30.0 Å². The highest BCUT2D eigenvalue weighted by Crippen LogP contribution is 2.39. The van der Waals surface area contributed by atoms with Gasteiger partial charge in [-0.1, -0.05) is 24.3 Å². The maximum absolute atomic E-state index is 14.2. The quantitative estimate of drug-likeness (QED) is 0.665. The van der Waals surface area contributed by atoms with Gasteiger partial charge in [0.15, 0.2) is 15.7 Å². The number of para-hydroxylation sites is 1. The average molecular weight is 449 g/mol. The van der Waals surface area contributed by atoms with Gasteiger partial charge >= 0.3 is 5.25 Å². The standard InChI is InChI=1S/C18H18F3NO5S2/c1-28(23,24)14-8-6-13(7-9-14)12-27-15-4-2-3-5-16(15)29(25,26)18(20,21)17(19)10-11-22/h2-10H,11-12,22H2,1H3/b17-10-. The molecule has 2 aromatic carbocycles. The minimum absolute atomic E-state index is 0.0750. The van der Waals surface area contributed by atoms with E-state index in [1.54, 1.807) is 0 Å². The number of hydrogen-bond donors (Lipinski definition) is 1. The molecule has 11 heteroatoms. The molecule has 0 aliphatic carbocycles. The van der Waals surface area contributed by atoms with Crippen LogP contribution in [0.15, 0.2) is 70.2 Å². The van der Waals surface area contributed by atoms with Crippen molar-refractivity contribution in [3.63, 3.8) is 0 Å². The maximum atomic E-state index is 14.2. The molecule has 0 aliphatic rings. The Kier molecular flexibility index (Phi) is 6.76. The van der Waals surface area contributed by atoms with Crippen molar-refractivity contribution in [3.8, 4) is 5.75 Å². The van der Waals surface area contributed by atoms with Crippen LogP contribution in [0.5, 0.6) is 5.75 Å². The summed E-state index contributed by atoms with van der Waals surface area (Å²) in [5.41, 5.74) is 5.44. The van der Waals surface area contributed by atoms with E-state index >= 15 is 0 Å². The van der Waals surface area contributed by atoms with Crippen LogP contribution < -0.4 is 10.5 Å². The molecule has 2 N–H and O–H groups in total. The zero-order valence-electron chi connectivity index (χ0n) is 15.2. The predicted octanol–water partition coefficient (Wildman–Crippen LogP) is 2.85. The Labute approximate surface area is 166 Å². The Morgan fingerprint density at radius 3 is 2.21 bits per heavy atom. The summed E-state index contributed by atoms with van der Waals surface area (Å²) in [5.74, 6) is -2.58. The summed E-state index contributed by atoms with van der Waals surface area (Å²) in [6.45, 7) is -0.832. The van der Waals surface area contributed by atoms with Crippen LogP contribution in [0.25, 0.3) is 0 Å². The maximum Gasteiger partial charge on any atom is 0.400 e. The molecule has 158 valence electrons. The van der Waals surface area contributed by atoms with E-state index in [-0.39, 0.29) is 17.6 Å². The van der Waals surface area contributed by atoms with Gasteiger partial charge in [0, 0.05) is 12.8 Å². The zero-order chi connectivity index (χ0) is 21.9. The van der Waals surface area contributed by atoms with Crippen LogP contribution in [0.4, 0.5) is 13.2 Å². The normalized spacial score (nSPS) is 13.3. The second-order valence-electron chi connectivity index (χ2n) is 5.96. The number of nitrogens with two attached hydrogens (primary N) is 1. The minimum Gasteiger partial charge on any atom is -0.488 e. The van der Waals surface area contributed by atoms with Crippen LogP contribution in [0.3, 0.4) is 0 Å². The summed E-state index contributed by atoms with van der Waals surface area (Å²) in [7, 11) is -8.85. The van der Waals surface area contributed by atoms with Gasteiger partial charge in [-0.05, 0) is 35.9 Å². The van der Waals surface area contributed by atoms with Gasteiger partial charge in [0.25, 0.3) is 9.84 Å². The molecule has 2 aromatic rings. The van der Waals surface area contributed by atoms with Crippen molar-refractivity contribution in [2.24, 2.45) is 5.73 Å². The molecule has 0 amide bonds. The van der Waals surface area contributed by atoms with Crippen LogP contribution in [0.1, 0.15) is 5.56 Å². The minimum atomic E-state index is -5.46. The van der Waals surface area contributed by atoms with Crippen molar-refractivity contribution in [3.05, 3.63) is 66.0 Å².